The lowest BCUT2D eigenvalue weighted by molar-refractivity contribution is 0.731. The Hall–Kier alpha value is -2.08. The summed E-state index contributed by atoms with van der Waals surface area (Å²) in [6.45, 7) is 0. The number of rotatable bonds is 1. The van der Waals surface area contributed by atoms with Gasteiger partial charge in [-0.2, -0.15) is 10.2 Å². The number of aliphatic imine (C=N–C) groups is 1. The van der Waals surface area contributed by atoms with Crippen molar-refractivity contribution in [1.82, 2.24) is 5.32 Å². The molecule has 1 aromatic rings. The monoisotopic (exact) mass is 243 g/mol. The third-order valence-electron chi connectivity index (χ3n) is 2.61. The first-order valence-corrected chi connectivity index (χ1v) is 5.52. The molecule has 0 fully saturated rings. The quantitative estimate of drug-likeness (QED) is 0.733. The highest BCUT2D eigenvalue weighted by Crippen LogP contribution is 2.30. The maximum Gasteiger partial charge on any atom is 0.196 e. The number of nitrogens with one attached hydrogen (secondary N) is 1. The third-order valence-corrected chi connectivity index (χ3v) is 2.82. The Morgan fingerprint density at radius 2 is 2.00 bits per heavy atom. The first-order chi connectivity index (χ1) is 8.25. The van der Waals surface area contributed by atoms with Gasteiger partial charge in [0.1, 0.15) is 11.5 Å². The second-order valence-electron chi connectivity index (χ2n) is 3.69. The van der Waals surface area contributed by atoms with Crippen LogP contribution in [-0.4, -0.2) is 17.1 Å². The second kappa shape index (κ2) is 3.74. The van der Waals surface area contributed by atoms with Crippen molar-refractivity contribution in [3.8, 4) is 0 Å². The molecule has 0 saturated carbocycles. The Labute approximate surface area is 103 Å². The van der Waals surface area contributed by atoms with Crippen molar-refractivity contribution in [2.75, 3.05) is 0 Å². The van der Waals surface area contributed by atoms with E-state index in [2.05, 4.69) is 20.5 Å². The number of hydrogen-bond donors (Lipinski definition) is 2. The van der Waals surface area contributed by atoms with Gasteiger partial charge >= 0.3 is 0 Å². The van der Waals surface area contributed by atoms with Crippen molar-refractivity contribution in [3.63, 3.8) is 0 Å². The molecule has 0 spiro atoms. The zero-order valence-electron chi connectivity index (χ0n) is 8.79. The minimum Gasteiger partial charge on any atom is -0.383 e. The lowest BCUT2D eigenvalue weighted by atomic mass is 10.0. The molecule has 0 saturated heterocycles. The van der Waals surface area contributed by atoms with E-state index in [0.717, 1.165) is 16.8 Å². The maximum atomic E-state index is 5.88. The van der Waals surface area contributed by atoms with E-state index in [9.17, 15) is 0 Å². The zero-order chi connectivity index (χ0) is 11.8. The number of thiocarbonyl (C=S) groups is 1. The van der Waals surface area contributed by atoms with Crippen LogP contribution in [0.3, 0.4) is 0 Å². The lowest BCUT2D eigenvalue weighted by Gasteiger charge is -2.18. The standard InChI is InChI=1S/C11H9N5S/c12-9-7-8(6-4-2-1-3-5-6)15-16-10(7)14-11(17)13-9/h1-5,10H,(H3,12,13,14,17). The molecule has 3 N–H and O–H groups in total. The highest BCUT2D eigenvalue weighted by Gasteiger charge is 2.31. The van der Waals surface area contributed by atoms with Crippen molar-refractivity contribution in [3.05, 3.63) is 41.5 Å². The van der Waals surface area contributed by atoms with Crippen LogP contribution in [0.4, 0.5) is 0 Å². The van der Waals surface area contributed by atoms with Crippen molar-refractivity contribution < 1.29 is 0 Å². The second-order valence-corrected chi connectivity index (χ2v) is 4.08. The van der Waals surface area contributed by atoms with E-state index < -0.39 is 0 Å². The molecule has 5 nitrogen and oxygen atoms in total. The van der Waals surface area contributed by atoms with Crippen LogP contribution < -0.4 is 11.1 Å². The molecule has 2 heterocycles. The first kappa shape index (κ1) is 10.1. The van der Waals surface area contributed by atoms with Crippen LogP contribution in [0.25, 0.3) is 5.70 Å². The topological polar surface area (TPSA) is 75.1 Å². The highest BCUT2D eigenvalue weighted by molar-refractivity contribution is 7.80. The van der Waals surface area contributed by atoms with E-state index in [-0.39, 0.29) is 6.17 Å². The fourth-order valence-corrected chi connectivity index (χ4v) is 2.06. The summed E-state index contributed by atoms with van der Waals surface area (Å²) in [6, 6.07) is 9.76. The SMILES string of the molecule is NC1=NC(=S)NC2N=NC(c3ccccc3)=C12. The average Bonchev–Trinajstić information content (AvgIpc) is 2.74. The summed E-state index contributed by atoms with van der Waals surface area (Å²) >= 11 is 4.96. The number of hydrogen-bond acceptors (Lipinski definition) is 4. The molecule has 0 bridgehead atoms. The number of fused-ring (bicyclic) bond motifs is 1. The predicted molar refractivity (Wildman–Crippen MR) is 69.4 cm³/mol. The minimum atomic E-state index is -0.296. The van der Waals surface area contributed by atoms with Crippen molar-refractivity contribution >= 4 is 28.9 Å². The van der Waals surface area contributed by atoms with E-state index in [1.165, 1.54) is 0 Å². The molecule has 0 radical (unpaired) electrons. The van der Waals surface area contributed by atoms with Crippen LogP contribution in [0, 0.1) is 0 Å². The molecule has 6 heteroatoms. The molecule has 1 aromatic carbocycles. The molecule has 0 amide bonds. The molecule has 3 rings (SSSR count). The zero-order valence-corrected chi connectivity index (χ0v) is 9.61. The molecule has 1 atom stereocenters. The molecule has 17 heavy (non-hydrogen) atoms. The van der Waals surface area contributed by atoms with E-state index in [1.807, 2.05) is 30.3 Å². The summed E-state index contributed by atoms with van der Waals surface area (Å²) in [6.07, 6.45) is -0.296. The van der Waals surface area contributed by atoms with Gasteiger partial charge < -0.3 is 11.1 Å². The average molecular weight is 243 g/mol. The van der Waals surface area contributed by atoms with Crippen LogP contribution in [0.1, 0.15) is 5.56 Å². The van der Waals surface area contributed by atoms with Gasteiger partial charge in [-0.1, -0.05) is 30.3 Å². The minimum absolute atomic E-state index is 0.296. The van der Waals surface area contributed by atoms with Gasteiger partial charge in [0.25, 0.3) is 0 Å². The molecule has 0 aromatic heterocycles. The van der Waals surface area contributed by atoms with Gasteiger partial charge in [0, 0.05) is 5.56 Å². The van der Waals surface area contributed by atoms with E-state index in [0.29, 0.717) is 10.9 Å². The Bertz CT molecular complexity index is 573. The van der Waals surface area contributed by atoms with E-state index in [1.54, 1.807) is 0 Å². The van der Waals surface area contributed by atoms with Gasteiger partial charge in [-0.05, 0) is 12.2 Å². The van der Waals surface area contributed by atoms with Crippen molar-refractivity contribution in [1.29, 1.82) is 0 Å². The molecule has 0 aliphatic carbocycles. The summed E-state index contributed by atoms with van der Waals surface area (Å²) in [5.41, 5.74) is 8.41. The number of amidine groups is 1. The van der Waals surface area contributed by atoms with Crippen molar-refractivity contribution in [2.24, 2.45) is 21.0 Å². The Balaban J connectivity index is 2.14. The molecule has 84 valence electrons. The van der Waals surface area contributed by atoms with Crippen LogP contribution in [0.5, 0.6) is 0 Å². The van der Waals surface area contributed by atoms with Gasteiger partial charge in [0.05, 0.1) is 5.57 Å². The van der Waals surface area contributed by atoms with Gasteiger partial charge in [0.2, 0.25) is 0 Å². The largest absolute Gasteiger partial charge is 0.383 e. The summed E-state index contributed by atoms with van der Waals surface area (Å²) in [5, 5.41) is 11.6. The van der Waals surface area contributed by atoms with Gasteiger partial charge in [-0.15, -0.1) is 0 Å². The number of nitrogens with two attached hydrogens (primary N) is 1. The summed E-state index contributed by atoms with van der Waals surface area (Å²) in [4.78, 5) is 4.04. The van der Waals surface area contributed by atoms with Crippen LogP contribution in [-0.2, 0) is 0 Å². The van der Waals surface area contributed by atoms with Gasteiger partial charge in [0.15, 0.2) is 11.3 Å². The van der Waals surface area contributed by atoms with Crippen LogP contribution >= 0.6 is 12.2 Å². The summed E-state index contributed by atoms with van der Waals surface area (Å²) < 4.78 is 0. The first-order valence-electron chi connectivity index (χ1n) is 5.11. The Morgan fingerprint density at radius 3 is 2.76 bits per heavy atom. The fraction of sp³-hybridized carbons (Fsp3) is 0.0909. The number of nitrogens with zero attached hydrogens (tertiary/aromatic N) is 3. The summed E-state index contributed by atoms with van der Waals surface area (Å²) in [7, 11) is 0. The molecule has 1 unspecified atom stereocenters. The van der Waals surface area contributed by atoms with Crippen molar-refractivity contribution in [2.45, 2.75) is 6.17 Å². The molecule has 2 aliphatic rings. The van der Waals surface area contributed by atoms with E-state index >= 15 is 0 Å². The fourth-order valence-electron chi connectivity index (χ4n) is 1.85. The Kier molecular flexibility index (Phi) is 2.22. The van der Waals surface area contributed by atoms with E-state index in [4.69, 9.17) is 18.0 Å². The number of benzene rings is 1. The van der Waals surface area contributed by atoms with Gasteiger partial charge in [-0.3, -0.25) is 0 Å². The maximum absolute atomic E-state index is 5.88. The lowest BCUT2D eigenvalue weighted by Crippen LogP contribution is -2.41. The molecule has 2 aliphatic heterocycles. The third kappa shape index (κ3) is 1.62. The molecular formula is C11H9N5S. The smallest absolute Gasteiger partial charge is 0.196 e. The predicted octanol–water partition coefficient (Wildman–Crippen LogP) is 1.43. The van der Waals surface area contributed by atoms with Crippen LogP contribution in [0.2, 0.25) is 0 Å². The van der Waals surface area contributed by atoms with Crippen LogP contribution in [0.15, 0.2) is 51.1 Å². The Morgan fingerprint density at radius 1 is 1.24 bits per heavy atom. The summed E-state index contributed by atoms with van der Waals surface area (Å²) in [5.74, 6) is 0.391. The normalized spacial score (nSPS) is 22.2. The van der Waals surface area contributed by atoms with Gasteiger partial charge in [-0.25, -0.2) is 4.99 Å². The number of azo groups is 1. The highest BCUT2D eigenvalue weighted by atomic mass is 32.1. The molecular weight excluding hydrogens is 234 g/mol.